The van der Waals surface area contributed by atoms with Crippen LogP contribution in [0, 0.1) is 12.8 Å². The van der Waals surface area contributed by atoms with E-state index >= 15 is 0 Å². The number of carbonyl (C=O) groups is 1. The van der Waals surface area contributed by atoms with Gasteiger partial charge in [-0.3, -0.25) is 4.79 Å². The Morgan fingerprint density at radius 1 is 1.45 bits per heavy atom. The molecule has 2 aliphatic heterocycles. The predicted octanol–water partition coefficient (Wildman–Crippen LogP) is 0.280. The highest BCUT2D eigenvalue weighted by molar-refractivity contribution is 5.96. The molecule has 6 nitrogen and oxygen atoms in total. The first-order valence-electron chi connectivity index (χ1n) is 7.20. The van der Waals surface area contributed by atoms with E-state index in [0.29, 0.717) is 24.0 Å². The van der Waals surface area contributed by atoms with E-state index in [2.05, 4.69) is 20.2 Å². The number of rotatable bonds is 2. The molecule has 1 atom stereocenters. The molecule has 2 aliphatic rings. The Hall–Kier alpha value is -1.69. The maximum absolute atomic E-state index is 11.9. The number of nitrogens with one attached hydrogen (secondary N) is 1. The molecule has 0 aliphatic carbocycles. The van der Waals surface area contributed by atoms with Crippen LogP contribution in [0.2, 0.25) is 0 Å². The lowest BCUT2D eigenvalue weighted by Gasteiger charge is -2.34. The molecule has 0 spiro atoms. The van der Waals surface area contributed by atoms with Crippen molar-refractivity contribution in [2.45, 2.75) is 26.2 Å². The van der Waals surface area contributed by atoms with Crippen LogP contribution in [0.1, 0.15) is 34.7 Å². The van der Waals surface area contributed by atoms with E-state index in [4.69, 9.17) is 0 Å². The van der Waals surface area contributed by atoms with E-state index < -0.39 is 0 Å². The molecule has 3 heterocycles. The van der Waals surface area contributed by atoms with E-state index in [9.17, 15) is 9.90 Å². The quantitative estimate of drug-likeness (QED) is 0.811. The monoisotopic (exact) mass is 276 g/mol. The van der Waals surface area contributed by atoms with Crippen molar-refractivity contribution in [2.75, 3.05) is 31.1 Å². The second-order valence-electron chi connectivity index (χ2n) is 5.56. The van der Waals surface area contributed by atoms with Gasteiger partial charge in [0.25, 0.3) is 5.91 Å². The lowest BCUT2D eigenvalue weighted by atomic mass is 9.97. The van der Waals surface area contributed by atoms with Gasteiger partial charge in [-0.2, -0.15) is 0 Å². The van der Waals surface area contributed by atoms with Crippen LogP contribution in [-0.2, 0) is 6.42 Å². The van der Waals surface area contributed by atoms with Crippen molar-refractivity contribution in [1.29, 1.82) is 0 Å². The van der Waals surface area contributed by atoms with Crippen LogP contribution in [0.25, 0.3) is 0 Å². The largest absolute Gasteiger partial charge is 0.396 e. The zero-order valence-corrected chi connectivity index (χ0v) is 11.7. The minimum absolute atomic E-state index is 0.103. The molecule has 6 heteroatoms. The molecule has 2 N–H and O–H groups in total. The third-order valence-electron chi connectivity index (χ3n) is 4.05. The smallest absolute Gasteiger partial charge is 0.270 e. The molecule has 1 fully saturated rings. The molecular formula is C14H20N4O2. The third-order valence-corrected chi connectivity index (χ3v) is 4.05. The SMILES string of the molecule is Cc1nc2c(c(N3CCCC(CO)C3)n1)CCNC2=O. The van der Waals surface area contributed by atoms with Crippen LogP contribution < -0.4 is 10.2 Å². The maximum atomic E-state index is 11.9. The summed E-state index contributed by atoms with van der Waals surface area (Å²) in [5, 5.41) is 12.2. The normalized spacial score (nSPS) is 22.4. The van der Waals surface area contributed by atoms with Gasteiger partial charge in [-0.1, -0.05) is 0 Å². The highest BCUT2D eigenvalue weighted by Gasteiger charge is 2.28. The van der Waals surface area contributed by atoms with E-state index in [1.165, 1.54) is 0 Å². The van der Waals surface area contributed by atoms with Gasteiger partial charge in [0.2, 0.25) is 0 Å². The summed E-state index contributed by atoms with van der Waals surface area (Å²) in [4.78, 5) is 23.0. The Kier molecular flexibility index (Phi) is 3.56. The van der Waals surface area contributed by atoms with E-state index in [-0.39, 0.29) is 12.5 Å². The summed E-state index contributed by atoms with van der Waals surface area (Å²) in [6, 6.07) is 0. The second-order valence-corrected chi connectivity index (χ2v) is 5.56. The molecule has 1 amide bonds. The molecule has 20 heavy (non-hydrogen) atoms. The average Bonchev–Trinajstić information content (AvgIpc) is 2.47. The lowest BCUT2D eigenvalue weighted by molar-refractivity contribution is 0.0940. The van der Waals surface area contributed by atoms with Crippen molar-refractivity contribution in [2.24, 2.45) is 5.92 Å². The minimum Gasteiger partial charge on any atom is -0.396 e. The lowest BCUT2D eigenvalue weighted by Crippen LogP contribution is -2.40. The molecule has 0 saturated carbocycles. The molecule has 1 unspecified atom stereocenters. The molecule has 108 valence electrons. The minimum atomic E-state index is -0.103. The number of carbonyl (C=O) groups excluding carboxylic acids is 1. The summed E-state index contributed by atoms with van der Waals surface area (Å²) in [5.74, 6) is 1.71. The van der Waals surface area contributed by atoms with Crippen LogP contribution in [0.3, 0.4) is 0 Å². The Morgan fingerprint density at radius 2 is 2.30 bits per heavy atom. The Labute approximate surface area is 118 Å². The summed E-state index contributed by atoms with van der Waals surface area (Å²) < 4.78 is 0. The maximum Gasteiger partial charge on any atom is 0.270 e. The number of fused-ring (bicyclic) bond motifs is 1. The fraction of sp³-hybridized carbons (Fsp3) is 0.643. The first-order chi connectivity index (χ1) is 9.69. The molecular weight excluding hydrogens is 256 g/mol. The van der Waals surface area contributed by atoms with Crippen LogP contribution in [0.15, 0.2) is 0 Å². The standard InChI is InChI=1S/C14H20N4O2/c1-9-16-12-11(4-5-15-14(12)20)13(17-9)18-6-2-3-10(7-18)8-19/h10,19H,2-8H2,1H3,(H,15,20). The number of aryl methyl sites for hydroxylation is 1. The molecule has 1 aromatic rings. The third kappa shape index (κ3) is 2.35. The first-order valence-corrected chi connectivity index (χ1v) is 7.20. The van der Waals surface area contributed by atoms with Gasteiger partial charge in [-0.05, 0) is 32.1 Å². The van der Waals surface area contributed by atoms with Crippen LogP contribution in [0.4, 0.5) is 5.82 Å². The number of aliphatic hydroxyl groups is 1. The zero-order valence-electron chi connectivity index (χ0n) is 11.7. The van der Waals surface area contributed by atoms with Gasteiger partial charge in [0.05, 0.1) is 0 Å². The summed E-state index contributed by atoms with van der Waals surface area (Å²) in [6.45, 7) is 4.41. The van der Waals surface area contributed by atoms with Gasteiger partial charge in [0.15, 0.2) is 0 Å². The van der Waals surface area contributed by atoms with Crippen molar-refractivity contribution >= 4 is 11.7 Å². The number of anilines is 1. The summed E-state index contributed by atoms with van der Waals surface area (Å²) in [7, 11) is 0. The number of hydrogen-bond acceptors (Lipinski definition) is 5. The average molecular weight is 276 g/mol. The van der Waals surface area contributed by atoms with E-state index in [1.54, 1.807) is 0 Å². The number of aliphatic hydroxyl groups excluding tert-OH is 1. The molecule has 0 aromatic carbocycles. The van der Waals surface area contributed by atoms with Crippen LogP contribution in [0.5, 0.6) is 0 Å². The molecule has 1 aromatic heterocycles. The van der Waals surface area contributed by atoms with Crippen molar-refractivity contribution in [3.8, 4) is 0 Å². The van der Waals surface area contributed by atoms with Gasteiger partial charge >= 0.3 is 0 Å². The molecule has 0 bridgehead atoms. The van der Waals surface area contributed by atoms with Gasteiger partial charge in [0, 0.05) is 31.8 Å². The Bertz CT molecular complexity index is 532. The van der Waals surface area contributed by atoms with Gasteiger partial charge in [0.1, 0.15) is 17.3 Å². The molecule has 0 radical (unpaired) electrons. The van der Waals surface area contributed by atoms with Crippen molar-refractivity contribution in [1.82, 2.24) is 15.3 Å². The highest BCUT2D eigenvalue weighted by atomic mass is 16.3. The summed E-state index contributed by atoms with van der Waals surface area (Å²) >= 11 is 0. The Morgan fingerprint density at radius 3 is 3.10 bits per heavy atom. The van der Waals surface area contributed by atoms with Gasteiger partial charge in [-0.15, -0.1) is 0 Å². The summed E-state index contributed by atoms with van der Waals surface area (Å²) in [5.41, 5.74) is 1.47. The van der Waals surface area contributed by atoms with Crippen LogP contribution >= 0.6 is 0 Å². The fourth-order valence-electron chi connectivity index (χ4n) is 3.05. The summed E-state index contributed by atoms with van der Waals surface area (Å²) in [6.07, 6.45) is 2.88. The fourth-order valence-corrected chi connectivity index (χ4v) is 3.05. The van der Waals surface area contributed by atoms with E-state index in [0.717, 1.165) is 43.7 Å². The predicted molar refractivity (Wildman–Crippen MR) is 74.8 cm³/mol. The number of hydrogen-bond donors (Lipinski definition) is 2. The second kappa shape index (κ2) is 5.36. The van der Waals surface area contributed by atoms with Crippen molar-refractivity contribution < 1.29 is 9.90 Å². The first kappa shape index (κ1) is 13.3. The Balaban J connectivity index is 1.98. The number of aromatic nitrogens is 2. The van der Waals surface area contributed by atoms with Crippen LogP contribution in [-0.4, -0.2) is 47.2 Å². The topological polar surface area (TPSA) is 78.3 Å². The van der Waals surface area contributed by atoms with Gasteiger partial charge < -0.3 is 15.3 Å². The molecule has 3 rings (SSSR count). The molecule has 1 saturated heterocycles. The number of nitrogens with zero attached hydrogens (tertiary/aromatic N) is 3. The highest BCUT2D eigenvalue weighted by Crippen LogP contribution is 2.27. The number of amides is 1. The van der Waals surface area contributed by atoms with Crippen molar-refractivity contribution in [3.63, 3.8) is 0 Å². The van der Waals surface area contributed by atoms with Gasteiger partial charge in [-0.25, -0.2) is 9.97 Å². The van der Waals surface area contributed by atoms with Crippen molar-refractivity contribution in [3.05, 3.63) is 17.1 Å². The zero-order chi connectivity index (χ0) is 14.1. The van der Waals surface area contributed by atoms with E-state index in [1.807, 2.05) is 6.92 Å². The number of piperidine rings is 1.